The zero-order valence-electron chi connectivity index (χ0n) is 46.5. The number of nitrogen functional groups attached to an aromatic ring is 1. The number of fused-ring (bicyclic) bond motifs is 1. The van der Waals surface area contributed by atoms with Crippen LogP contribution >= 0.6 is 0 Å². The Hall–Kier alpha value is -8.23. The van der Waals surface area contributed by atoms with Crippen LogP contribution in [0, 0.1) is 0 Å². The summed E-state index contributed by atoms with van der Waals surface area (Å²) in [5.74, 6) is 2.28. The number of imidazole rings is 1. The van der Waals surface area contributed by atoms with E-state index in [0.717, 1.165) is 94.4 Å². The highest BCUT2D eigenvalue weighted by atomic mass is 16.7. The number of ether oxygens (including phenoxy) is 4. The van der Waals surface area contributed by atoms with Gasteiger partial charge < -0.3 is 34.9 Å². The molecule has 0 radical (unpaired) electrons. The van der Waals surface area contributed by atoms with E-state index in [0.29, 0.717) is 62.7 Å². The van der Waals surface area contributed by atoms with Gasteiger partial charge in [-0.1, -0.05) is 148 Å². The molecule has 13 heteroatoms. The van der Waals surface area contributed by atoms with Crippen molar-refractivity contribution in [1.29, 1.82) is 0 Å². The van der Waals surface area contributed by atoms with Crippen LogP contribution in [0.5, 0.6) is 17.4 Å². The van der Waals surface area contributed by atoms with Crippen molar-refractivity contribution < 1.29 is 34.0 Å². The molecule has 3 aromatic heterocycles. The number of rotatable bonds is 27. The van der Waals surface area contributed by atoms with E-state index in [1.54, 1.807) is 10.6 Å². The topological polar surface area (TPSA) is 176 Å². The lowest BCUT2D eigenvalue weighted by Gasteiger charge is -2.15. The van der Waals surface area contributed by atoms with E-state index in [1.807, 2.05) is 166 Å². The smallest absolute Gasteiger partial charge is 0.219 e. The largest absolute Gasteiger partial charge is 0.494 e. The fraction of sp³-hybridized carbons (Fsp3) is 0.299. The van der Waals surface area contributed by atoms with Gasteiger partial charge in [0, 0.05) is 62.8 Å². The number of nitrogens with zero attached hydrogens (tertiary/aromatic N) is 5. The van der Waals surface area contributed by atoms with Crippen molar-refractivity contribution in [2.75, 3.05) is 38.8 Å². The van der Waals surface area contributed by atoms with Gasteiger partial charge in [-0.3, -0.25) is 9.20 Å². The molecule has 9 rings (SSSR count). The second kappa shape index (κ2) is 32.6. The van der Waals surface area contributed by atoms with Crippen molar-refractivity contribution >= 4 is 17.2 Å². The highest BCUT2D eigenvalue weighted by molar-refractivity contribution is 5.84. The molecule has 6 aromatic carbocycles. The lowest BCUT2D eigenvalue weighted by molar-refractivity contribution is -0.167. The van der Waals surface area contributed by atoms with Gasteiger partial charge in [-0.15, -0.1) is 0 Å². The zero-order chi connectivity index (χ0) is 56.2. The summed E-state index contributed by atoms with van der Waals surface area (Å²) in [6, 6.07) is 55.9. The molecular formula is C67H76N6O7. The molecule has 0 aliphatic heterocycles. The average molecular weight is 1080 g/mol. The van der Waals surface area contributed by atoms with Crippen molar-refractivity contribution in [3.8, 4) is 39.9 Å². The average Bonchev–Trinajstić information content (AvgIpc) is 3.85. The number of aromatic nitrogens is 5. The molecule has 9 aromatic rings. The van der Waals surface area contributed by atoms with E-state index < -0.39 is 6.29 Å². The molecule has 416 valence electrons. The number of unbranched alkanes of at least 4 members (excludes halogenated alkanes) is 5. The van der Waals surface area contributed by atoms with Crippen molar-refractivity contribution in [1.82, 2.24) is 24.3 Å². The number of aliphatic hydroxyl groups is 1. The van der Waals surface area contributed by atoms with Crippen molar-refractivity contribution in [3.05, 3.63) is 222 Å². The SMILES string of the molecule is CCCCCCOc1ccc(-c2cnc(N)c(Cc3ccccc3)n2)cc1.CCOC(OCC)C(=O)Cc1ccccc1.OCCCCCOc1ccc(-c2cn3c(O)c(Cc4ccccc4)nc3c(Cc3ccccc3)n2)cc1. The van der Waals surface area contributed by atoms with Crippen LogP contribution in [0.4, 0.5) is 5.82 Å². The van der Waals surface area contributed by atoms with Gasteiger partial charge in [0.25, 0.3) is 0 Å². The van der Waals surface area contributed by atoms with E-state index in [1.165, 1.54) is 24.8 Å². The Morgan fingerprint density at radius 3 is 1.50 bits per heavy atom. The molecule has 0 aliphatic carbocycles. The third-order valence-corrected chi connectivity index (χ3v) is 13.0. The fourth-order valence-electron chi connectivity index (χ4n) is 8.75. The number of Topliss-reactive ketones (excluding diaryl/α,β-unsaturated/α-hetero) is 1. The summed E-state index contributed by atoms with van der Waals surface area (Å²) in [5, 5.41) is 20.1. The van der Waals surface area contributed by atoms with Gasteiger partial charge in [-0.05, 0) is 110 Å². The highest BCUT2D eigenvalue weighted by Crippen LogP contribution is 2.30. The number of nitrogens with two attached hydrogens (primary N) is 1. The summed E-state index contributed by atoms with van der Waals surface area (Å²) < 4.78 is 23.9. The second-order valence-corrected chi connectivity index (χ2v) is 19.2. The molecule has 0 atom stereocenters. The molecule has 0 amide bonds. The van der Waals surface area contributed by atoms with E-state index in [2.05, 4.69) is 36.2 Å². The molecule has 0 spiro atoms. The summed E-state index contributed by atoms with van der Waals surface area (Å²) in [6.45, 7) is 8.48. The van der Waals surface area contributed by atoms with E-state index >= 15 is 0 Å². The Labute approximate surface area is 471 Å². The van der Waals surface area contributed by atoms with Crippen molar-refractivity contribution in [2.24, 2.45) is 0 Å². The quantitative estimate of drug-likeness (QED) is 0.0329. The predicted molar refractivity (Wildman–Crippen MR) is 318 cm³/mol. The van der Waals surface area contributed by atoms with Gasteiger partial charge in [0.1, 0.15) is 23.0 Å². The Bertz CT molecular complexity index is 3190. The van der Waals surface area contributed by atoms with Crippen LogP contribution in [0.3, 0.4) is 0 Å². The number of carbonyl (C=O) groups excluding carboxylic acids is 1. The summed E-state index contributed by atoms with van der Waals surface area (Å²) in [6.07, 6.45) is 12.5. The van der Waals surface area contributed by atoms with Gasteiger partial charge in [-0.25, -0.2) is 19.9 Å². The van der Waals surface area contributed by atoms with E-state index in [-0.39, 0.29) is 18.3 Å². The van der Waals surface area contributed by atoms with Crippen LogP contribution < -0.4 is 15.2 Å². The van der Waals surface area contributed by atoms with Crippen LogP contribution in [0.15, 0.2) is 182 Å². The highest BCUT2D eigenvalue weighted by Gasteiger charge is 2.20. The number of hydrogen-bond acceptors (Lipinski definition) is 12. The summed E-state index contributed by atoms with van der Waals surface area (Å²) in [5.41, 5.74) is 16.8. The fourth-order valence-corrected chi connectivity index (χ4v) is 8.75. The maximum absolute atomic E-state index is 11.8. The first-order chi connectivity index (χ1) is 39.2. The first-order valence-corrected chi connectivity index (χ1v) is 27.9. The first-order valence-electron chi connectivity index (χ1n) is 27.9. The maximum Gasteiger partial charge on any atom is 0.219 e. The molecule has 13 nitrogen and oxygen atoms in total. The van der Waals surface area contributed by atoms with Crippen molar-refractivity contribution in [3.63, 3.8) is 0 Å². The van der Waals surface area contributed by atoms with Gasteiger partial charge in [0.15, 0.2) is 11.4 Å². The van der Waals surface area contributed by atoms with Crippen LogP contribution in [-0.2, 0) is 40.0 Å². The number of ketones is 1. The zero-order valence-corrected chi connectivity index (χ0v) is 46.5. The molecule has 0 aliphatic rings. The maximum atomic E-state index is 11.8. The second-order valence-electron chi connectivity index (χ2n) is 19.2. The minimum atomic E-state index is -0.727. The number of aromatic hydroxyl groups is 1. The van der Waals surface area contributed by atoms with Crippen LogP contribution in [0.25, 0.3) is 28.2 Å². The van der Waals surface area contributed by atoms with E-state index in [9.17, 15) is 9.90 Å². The molecule has 4 N–H and O–H groups in total. The van der Waals surface area contributed by atoms with Crippen molar-refractivity contribution in [2.45, 2.75) is 97.7 Å². The number of aliphatic hydroxyl groups excluding tert-OH is 1. The number of carbonyl (C=O) groups is 1. The standard InChI is InChI=1S/C31H31N3O3.C23H27N3O.C13H18O3/c35-18-8-3-9-19-37-26-16-14-25(15-17-26)29-22-34-30(27(32-29)20-23-10-4-1-5-11-23)33-28(31(34)36)21-24-12-6-2-7-13-24;1-2-3-4-8-15-27-20-13-11-19(12-14-20)22-17-25-23(24)21(26-22)16-18-9-6-5-7-10-18;1-3-15-13(16-4-2)12(14)10-11-8-6-5-7-9-11/h1-2,4-7,10-17,22,35-36H,3,8-9,18-21H2;5-7,9-14,17H,2-4,8,15-16H2,1H3,(H2,24,25);5-9,13H,3-4,10H2,1-2H3. The lowest BCUT2D eigenvalue weighted by Crippen LogP contribution is -2.29. The normalized spacial score (nSPS) is 10.9. The third-order valence-electron chi connectivity index (χ3n) is 13.0. The third kappa shape index (κ3) is 18.7. The molecule has 80 heavy (non-hydrogen) atoms. The minimum Gasteiger partial charge on any atom is -0.494 e. The van der Waals surface area contributed by atoms with Gasteiger partial charge in [-0.2, -0.15) is 0 Å². The molecule has 0 fully saturated rings. The number of benzene rings is 6. The van der Waals surface area contributed by atoms with Gasteiger partial charge >= 0.3 is 0 Å². The summed E-state index contributed by atoms with van der Waals surface area (Å²) >= 11 is 0. The monoisotopic (exact) mass is 1080 g/mol. The van der Waals surface area contributed by atoms with Gasteiger partial charge in [0.05, 0.1) is 42.2 Å². The first kappa shape index (κ1) is 59.4. The molecular weight excluding hydrogens is 1000 g/mol. The molecule has 0 bridgehead atoms. The number of hydrogen-bond donors (Lipinski definition) is 3. The van der Waals surface area contributed by atoms with Gasteiger partial charge in [0.2, 0.25) is 12.2 Å². The molecule has 0 saturated carbocycles. The summed E-state index contributed by atoms with van der Waals surface area (Å²) in [4.78, 5) is 30.7. The molecule has 3 heterocycles. The molecule has 0 unspecified atom stereocenters. The van der Waals surface area contributed by atoms with E-state index in [4.69, 9.17) is 44.7 Å². The molecule has 0 saturated heterocycles. The van der Waals surface area contributed by atoms with Crippen LogP contribution in [0.2, 0.25) is 0 Å². The predicted octanol–water partition coefficient (Wildman–Crippen LogP) is 13.3. The minimum absolute atomic E-state index is 0.0325. The Balaban J connectivity index is 0.000000188. The summed E-state index contributed by atoms with van der Waals surface area (Å²) in [7, 11) is 0. The lowest BCUT2D eigenvalue weighted by atomic mass is 10.1. The van der Waals surface area contributed by atoms with Crippen LogP contribution in [-0.4, -0.2) is 79.7 Å². The Morgan fingerprint density at radius 2 is 1.00 bits per heavy atom. The Kier molecular flexibility index (Phi) is 24.2. The van der Waals surface area contributed by atoms with Crippen LogP contribution in [0.1, 0.15) is 105 Å². The number of anilines is 1. The Morgan fingerprint density at radius 1 is 0.537 bits per heavy atom.